The number of rotatable bonds is 5. The first-order valence-electron chi connectivity index (χ1n) is 5.88. The van der Waals surface area contributed by atoms with Crippen molar-refractivity contribution in [3.63, 3.8) is 0 Å². The van der Waals surface area contributed by atoms with Gasteiger partial charge in [-0.25, -0.2) is 0 Å². The van der Waals surface area contributed by atoms with Gasteiger partial charge in [0.25, 0.3) is 0 Å². The van der Waals surface area contributed by atoms with Crippen LogP contribution in [0.4, 0.5) is 0 Å². The molecule has 0 saturated heterocycles. The maximum Gasteiger partial charge on any atom is 0.231 e. The van der Waals surface area contributed by atoms with E-state index in [2.05, 4.69) is 12.2 Å². The van der Waals surface area contributed by atoms with Gasteiger partial charge in [-0.2, -0.15) is 0 Å². The summed E-state index contributed by atoms with van der Waals surface area (Å²) in [5.74, 6) is 1.30. The van der Waals surface area contributed by atoms with Crippen LogP contribution >= 0.6 is 12.4 Å². The van der Waals surface area contributed by atoms with Gasteiger partial charge in [-0.3, -0.25) is 4.79 Å². The van der Waals surface area contributed by atoms with E-state index >= 15 is 0 Å². The van der Waals surface area contributed by atoms with E-state index in [1.54, 1.807) is 13.1 Å². The third-order valence-corrected chi connectivity index (χ3v) is 2.90. The van der Waals surface area contributed by atoms with Crippen molar-refractivity contribution in [1.29, 1.82) is 0 Å². The van der Waals surface area contributed by atoms with E-state index in [0.717, 1.165) is 12.8 Å². The van der Waals surface area contributed by atoms with Crippen LogP contribution in [0.1, 0.15) is 30.1 Å². The minimum atomic E-state index is -0.157. The molecule has 0 radical (unpaired) electrons. The molecular weight excluding hydrogens is 254 g/mol. The number of para-hydroxylation sites is 1. The van der Waals surface area contributed by atoms with Gasteiger partial charge in [0.15, 0.2) is 17.3 Å². The van der Waals surface area contributed by atoms with Crippen LogP contribution in [0.15, 0.2) is 18.2 Å². The number of halogens is 1. The molecule has 0 aliphatic carbocycles. The summed E-state index contributed by atoms with van der Waals surface area (Å²) in [7, 11) is 1.80. The number of carbonyl (C=O) groups excluding carboxylic acids is 1. The summed E-state index contributed by atoms with van der Waals surface area (Å²) in [6.45, 7) is 2.25. The third kappa shape index (κ3) is 2.76. The van der Waals surface area contributed by atoms with Crippen LogP contribution < -0.4 is 14.8 Å². The summed E-state index contributed by atoms with van der Waals surface area (Å²) < 4.78 is 10.6. The van der Waals surface area contributed by atoms with E-state index in [9.17, 15) is 4.79 Å². The Bertz CT molecular complexity index is 423. The van der Waals surface area contributed by atoms with Crippen molar-refractivity contribution in [2.45, 2.75) is 25.8 Å². The molecule has 1 unspecified atom stereocenters. The zero-order valence-corrected chi connectivity index (χ0v) is 11.4. The molecule has 4 nitrogen and oxygen atoms in total. The number of benzene rings is 1. The van der Waals surface area contributed by atoms with E-state index in [4.69, 9.17) is 9.47 Å². The van der Waals surface area contributed by atoms with Crippen LogP contribution in [-0.2, 0) is 0 Å². The minimum absolute atomic E-state index is 0. The molecule has 2 rings (SSSR count). The second-order valence-corrected chi connectivity index (χ2v) is 4.03. The smallest absolute Gasteiger partial charge is 0.231 e. The molecule has 1 N–H and O–H groups in total. The molecule has 1 aliphatic rings. The van der Waals surface area contributed by atoms with Crippen LogP contribution in [0.2, 0.25) is 0 Å². The van der Waals surface area contributed by atoms with Gasteiger partial charge in [-0.05, 0) is 25.6 Å². The van der Waals surface area contributed by atoms with Gasteiger partial charge < -0.3 is 14.8 Å². The topological polar surface area (TPSA) is 47.6 Å². The molecule has 100 valence electrons. The molecule has 1 aromatic rings. The summed E-state index contributed by atoms with van der Waals surface area (Å²) in [4.78, 5) is 12.3. The molecule has 18 heavy (non-hydrogen) atoms. The van der Waals surface area contributed by atoms with Crippen molar-refractivity contribution in [3.05, 3.63) is 23.8 Å². The SMILES string of the molecule is CCCC(NC)C(=O)c1cccc2c1OCO2.Cl. The third-order valence-electron chi connectivity index (χ3n) is 2.90. The number of Topliss-reactive ketones (excluding diaryl/α,β-unsaturated/α-hetero) is 1. The number of carbonyl (C=O) groups is 1. The van der Waals surface area contributed by atoms with Crippen molar-refractivity contribution in [3.8, 4) is 11.5 Å². The minimum Gasteiger partial charge on any atom is -0.454 e. The largest absolute Gasteiger partial charge is 0.454 e. The number of fused-ring (bicyclic) bond motifs is 1. The van der Waals surface area contributed by atoms with Crippen molar-refractivity contribution in [2.24, 2.45) is 0 Å². The maximum atomic E-state index is 12.3. The fourth-order valence-electron chi connectivity index (χ4n) is 2.01. The van der Waals surface area contributed by atoms with Crippen LogP contribution in [-0.4, -0.2) is 25.7 Å². The summed E-state index contributed by atoms with van der Waals surface area (Å²) in [5.41, 5.74) is 0.604. The van der Waals surface area contributed by atoms with Gasteiger partial charge in [0.1, 0.15) is 0 Å². The highest BCUT2D eigenvalue weighted by Crippen LogP contribution is 2.36. The second kappa shape index (κ2) is 6.61. The molecule has 0 bridgehead atoms. The highest BCUT2D eigenvalue weighted by atomic mass is 35.5. The number of ketones is 1. The van der Waals surface area contributed by atoms with Gasteiger partial charge in [0, 0.05) is 0 Å². The average molecular weight is 272 g/mol. The Kier molecular flexibility index (Phi) is 5.44. The number of nitrogens with one attached hydrogen (secondary N) is 1. The second-order valence-electron chi connectivity index (χ2n) is 4.03. The molecule has 1 atom stereocenters. The standard InChI is InChI=1S/C13H17NO3.ClH/c1-3-5-10(14-2)12(15)9-6-4-7-11-13(9)17-8-16-11;/h4,6-7,10,14H,3,5,8H2,1-2H3;1H. The van der Waals surface area contributed by atoms with Gasteiger partial charge in [-0.1, -0.05) is 19.4 Å². The number of likely N-dealkylation sites (N-methyl/N-ethyl adjacent to an activating group) is 1. The van der Waals surface area contributed by atoms with Gasteiger partial charge in [0.2, 0.25) is 6.79 Å². The lowest BCUT2D eigenvalue weighted by molar-refractivity contribution is 0.0937. The summed E-state index contributed by atoms with van der Waals surface area (Å²) in [5, 5.41) is 3.05. The number of hydrogen-bond donors (Lipinski definition) is 1. The molecule has 0 amide bonds. The van der Waals surface area contributed by atoms with Crippen LogP contribution in [0.5, 0.6) is 11.5 Å². The van der Waals surface area contributed by atoms with E-state index in [1.165, 1.54) is 0 Å². The Balaban J connectivity index is 0.00000162. The lowest BCUT2D eigenvalue weighted by Gasteiger charge is -2.14. The first-order chi connectivity index (χ1) is 8.27. The Morgan fingerprint density at radius 3 is 2.89 bits per heavy atom. The molecule has 0 spiro atoms. The normalized spacial score (nSPS) is 13.9. The summed E-state index contributed by atoms with van der Waals surface area (Å²) >= 11 is 0. The number of ether oxygens (including phenoxy) is 2. The van der Waals surface area contributed by atoms with E-state index in [1.807, 2.05) is 12.1 Å². The lowest BCUT2D eigenvalue weighted by atomic mass is 9.99. The van der Waals surface area contributed by atoms with Gasteiger partial charge in [-0.15, -0.1) is 12.4 Å². The lowest BCUT2D eigenvalue weighted by Crippen LogP contribution is -2.34. The Labute approximate surface area is 113 Å². The monoisotopic (exact) mass is 271 g/mol. The van der Waals surface area contributed by atoms with Crippen molar-refractivity contribution in [1.82, 2.24) is 5.32 Å². The fraction of sp³-hybridized carbons (Fsp3) is 0.462. The molecular formula is C13H18ClNO3. The van der Waals surface area contributed by atoms with Crippen molar-refractivity contribution in [2.75, 3.05) is 13.8 Å². The zero-order valence-electron chi connectivity index (χ0n) is 10.6. The fourth-order valence-corrected chi connectivity index (χ4v) is 2.01. The quantitative estimate of drug-likeness (QED) is 0.836. The predicted molar refractivity (Wildman–Crippen MR) is 71.9 cm³/mol. The Morgan fingerprint density at radius 2 is 2.22 bits per heavy atom. The first-order valence-corrected chi connectivity index (χ1v) is 5.88. The van der Waals surface area contributed by atoms with Crippen molar-refractivity contribution >= 4 is 18.2 Å². The van der Waals surface area contributed by atoms with E-state index in [0.29, 0.717) is 17.1 Å². The van der Waals surface area contributed by atoms with Gasteiger partial charge >= 0.3 is 0 Å². The molecule has 0 aromatic heterocycles. The number of hydrogen-bond acceptors (Lipinski definition) is 4. The maximum absolute atomic E-state index is 12.3. The molecule has 1 aromatic carbocycles. The molecule has 5 heteroatoms. The molecule has 1 heterocycles. The van der Waals surface area contributed by atoms with Crippen LogP contribution in [0, 0.1) is 0 Å². The first kappa shape index (κ1) is 14.8. The predicted octanol–water partition coefficient (Wildman–Crippen LogP) is 2.41. The Morgan fingerprint density at radius 1 is 1.44 bits per heavy atom. The van der Waals surface area contributed by atoms with Crippen LogP contribution in [0.3, 0.4) is 0 Å². The zero-order chi connectivity index (χ0) is 12.3. The molecule has 0 fully saturated rings. The average Bonchev–Trinajstić information content (AvgIpc) is 2.83. The molecule has 1 aliphatic heterocycles. The highest BCUT2D eigenvalue weighted by Gasteiger charge is 2.25. The summed E-state index contributed by atoms with van der Waals surface area (Å²) in [6, 6.07) is 5.26. The van der Waals surface area contributed by atoms with Crippen molar-refractivity contribution < 1.29 is 14.3 Å². The van der Waals surface area contributed by atoms with E-state index < -0.39 is 0 Å². The van der Waals surface area contributed by atoms with E-state index in [-0.39, 0.29) is 31.0 Å². The van der Waals surface area contributed by atoms with Gasteiger partial charge in [0.05, 0.1) is 11.6 Å². The summed E-state index contributed by atoms with van der Waals surface area (Å²) in [6.07, 6.45) is 1.78. The highest BCUT2D eigenvalue weighted by molar-refractivity contribution is 6.03. The molecule has 0 saturated carbocycles. The Hall–Kier alpha value is -1.26. The van der Waals surface area contributed by atoms with Crippen LogP contribution in [0.25, 0.3) is 0 Å².